The van der Waals surface area contributed by atoms with Gasteiger partial charge >= 0.3 is 0 Å². The summed E-state index contributed by atoms with van der Waals surface area (Å²) in [6, 6.07) is 16.4. The van der Waals surface area contributed by atoms with Crippen molar-refractivity contribution in [3.8, 4) is 5.75 Å². The number of rotatable bonds is 7. The second-order valence-electron chi connectivity index (χ2n) is 7.63. The zero-order valence-electron chi connectivity index (χ0n) is 17.0. The van der Waals surface area contributed by atoms with Gasteiger partial charge in [0.25, 0.3) is 0 Å². The smallest absolute Gasteiger partial charge is 0.230 e. The van der Waals surface area contributed by atoms with E-state index in [2.05, 4.69) is 29.6 Å². The van der Waals surface area contributed by atoms with E-state index in [4.69, 9.17) is 9.47 Å². The maximum atomic E-state index is 13.4. The van der Waals surface area contributed by atoms with Crippen molar-refractivity contribution in [1.29, 1.82) is 0 Å². The first kappa shape index (κ1) is 19.9. The van der Waals surface area contributed by atoms with Crippen molar-refractivity contribution < 1.29 is 14.3 Å². The molecule has 0 N–H and O–H groups in total. The van der Waals surface area contributed by atoms with Crippen molar-refractivity contribution >= 4 is 28.0 Å². The van der Waals surface area contributed by atoms with Crippen LogP contribution in [0.4, 0.5) is 0 Å². The number of thiophene rings is 1. The third-order valence-corrected chi connectivity index (χ3v) is 6.49. The highest BCUT2D eigenvalue weighted by molar-refractivity contribution is 7.09. The Morgan fingerprint density at radius 2 is 2.07 bits per heavy atom. The molecular formula is C24H27NO3S. The van der Waals surface area contributed by atoms with Crippen LogP contribution >= 0.6 is 11.3 Å². The van der Waals surface area contributed by atoms with E-state index in [1.807, 2.05) is 36.1 Å². The van der Waals surface area contributed by atoms with Crippen LogP contribution in [0.1, 0.15) is 36.1 Å². The van der Waals surface area contributed by atoms with Crippen LogP contribution < -0.4 is 4.74 Å². The number of hydrogen-bond donors (Lipinski definition) is 0. The van der Waals surface area contributed by atoms with Crippen LogP contribution in [0.25, 0.3) is 10.8 Å². The lowest BCUT2D eigenvalue weighted by molar-refractivity contribution is -0.134. The third kappa shape index (κ3) is 4.62. The fraction of sp³-hybridized carbons (Fsp3) is 0.375. The van der Waals surface area contributed by atoms with E-state index in [1.54, 1.807) is 18.4 Å². The maximum absolute atomic E-state index is 13.4. The van der Waals surface area contributed by atoms with E-state index in [-0.39, 0.29) is 17.9 Å². The quantitative estimate of drug-likeness (QED) is 0.537. The predicted octanol–water partition coefficient (Wildman–Crippen LogP) is 5.22. The van der Waals surface area contributed by atoms with Gasteiger partial charge in [-0.1, -0.05) is 30.3 Å². The Kier molecular flexibility index (Phi) is 6.16. The maximum Gasteiger partial charge on any atom is 0.230 e. The van der Waals surface area contributed by atoms with E-state index >= 15 is 0 Å². The molecule has 0 spiro atoms. The topological polar surface area (TPSA) is 38.8 Å². The lowest BCUT2D eigenvalue weighted by Gasteiger charge is -2.28. The summed E-state index contributed by atoms with van der Waals surface area (Å²) >= 11 is 1.69. The largest absolute Gasteiger partial charge is 0.497 e. The number of ether oxygens (including phenoxy) is 2. The van der Waals surface area contributed by atoms with Gasteiger partial charge in [-0.15, -0.1) is 11.3 Å². The Bertz CT molecular complexity index is 963. The minimum Gasteiger partial charge on any atom is -0.497 e. The molecule has 0 bridgehead atoms. The van der Waals surface area contributed by atoms with E-state index < -0.39 is 0 Å². The number of amides is 1. The Hall–Kier alpha value is -2.37. The fourth-order valence-electron chi connectivity index (χ4n) is 3.91. The first-order valence-corrected chi connectivity index (χ1v) is 11.0. The van der Waals surface area contributed by atoms with Crippen LogP contribution in [0.5, 0.6) is 5.75 Å². The number of carbonyl (C=O) groups is 1. The highest BCUT2D eigenvalue weighted by atomic mass is 32.1. The molecule has 1 fully saturated rings. The summed E-state index contributed by atoms with van der Waals surface area (Å²) in [5.41, 5.74) is 1.04. The van der Waals surface area contributed by atoms with E-state index in [0.717, 1.165) is 41.5 Å². The lowest BCUT2D eigenvalue weighted by atomic mass is 9.96. The summed E-state index contributed by atoms with van der Waals surface area (Å²) < 4.78 is 11.1. The SMILES string of the molecule is COc1ccc2cc([C@H](C)C(=O)N(Cc3cccs3)CC3CCCO3)ccc2c1. The molecule has 1 saturated heterocycles. The molecule has 2 aromatic carbocycles. The lowest BCUT2D eigenvalue weighted by Crippen LogP contribution is -2.39. The Balaban J connectivity index is 1.55. The summed E-state index contributed by atoms with van der Waals surface area (Å²) in [5, 5.41) is 4.29. The number of methoxy groups -OCH3 is 1. The molecule has 1 aliphatic heterocycles. The summed E-state index contributed by atoms with van der Waals surface area (Å²) in [4.78, 5) is 16.6. The molecule has 5 heteroatoms. The van der Waals surface area contributed by atoms with Gasteiger partial charge in [-0.05, 0) is 59.7 Å². The molecule has 4 nitrogen and oxygen atoms in total. The molecule has 0 radical (unpaired) electrons. The number of benzene rings is 2. The molecule has 3 aromatic rings. The second-order valence-corrected chi connectivity index (χ2v) is 8.66. The number of carbonyl (C=O) groups excluding carboxylic acids is 1. The molecule has 152 valence electrons. The zero-order chi connectivity index (χ0) is 20.2. The summed E-state index contributed by atoms with van der Waals surface area (Å²) in [6.07, 6.45) is 2.26. The van der Waals surface area contributed by atoms with Crippen molar-refractivity contribution in [3.63, 3.8) is 0 Å². The van der Waals surface area contributed by atoms with Gasteiger partial charge in [0.15, 0.2) is 0 Å². The van der Waals surface area contributed by atoms with Crippen LogP contribution in [0, 0.1) is 0 Å². The van der Waals surface area contributed by atoms with E-state index in [0.29, 0.717) is 13.1 Å². The van der Waals surface area contributed by atoms with Crippen molar-refractivity contribution in [3.05, 3.63) is 64.4 Å². The fourth-order valence-corrected chi connectivity index (χ4v) is 4.63. The molecule has 0 aliphatic carbocycles. The average molecular weight is 410 g/mol. The van der Waals surface area contributed by atoms with Crippen LogP contribution in [-0.2, 0) is 16.1 Å². The van der Waals surface area contributed by atoms with E-state index in [9.17, 15) is 4.79 Å². The molecule has 29 heavy (non-hydrogen) atoms. The average Bonchev–Trinajstić information content (AvgIpc) is 3.45. The molecular weight excluding hydrogens is 382 g/mol. The van der Waals surface area contributed by atoms with Gasteiger partial charge < -0.3 is 14.4 Å². The van der Waals surface area contributed by atoms with Gasteiger partial charge in [-0.2, -0.15) is 0 Å². The van der Waals surface area contributed by atoms with Crippen LogP contribution in [-0.4, -0.2) is 37.2 Å². The molecule has 1 unspecified atom stereocenters. The number of nitrogens with zero attached hydrogens (tertiary/aromatic N) is 1. The van der Waals surface area contributed by atoms with Gasteiger partial charge in [-0.3, -0.25) is 4.79 Å². The standard InChI is InChI=1S/C24H27NO3S/c1-17(18-7-8-20-14-21(27-2)10-9-19(20)13-18)24(26)25(15-22-5-3-11-28-22)16-23-6-4-12-29-23/h4,6-10,12-14,17,22H,3,5,11,15-16H2,1-2H3/t17-,22?/m0/s1. The minimum absolute atomic E-state index is 0.148. The van der Waals surface area contributed by atoms with Crippen LogP contribution in [0.15, 0.2) is 53.9 Å². The van der Waals surface area contributed by atoms with Crippen molar-refractivity contribution in [2.45, 2.75) is 38.3 Å². The van der Waals surface area contributed by atoms with Crippen molar-refractivity contribution in [2.75, 3.05) is 20.3 Å². The van der Waals surface area contributed by atoms with E-state index in [1.165, 1.54) is 4.88 Å². The minimum atomic E-state index is -0.206. The number of fused-ring (bicyclic) bond motifs is 1. The zero-order valence-corrected chi connectivity index (χ0v) is 17.8. The Morgan fingerprint density at radius 1 is 1.24 bits per heavy atom. The monoisotopic (exact) mass is 409 g/mol. The number of hydrogen-bond acceptors (Lipinski definition) is 4. The van der Waals surface area contributed by atoms with Gasteiger partial charge in [0.05, 0.1) is 25.7 Å². The molecule has 0 saturated carbocycles. The van der Waals surface area contributed by atoms with Crippen molar-refractivity contribution in [1.82, 2.24) is 4.90 Å². The predicted molar refractivity (Wildman–Crippen MR) is 118 cm³/mol. The van der Waals surface area contributed by atoms with Gasteiger partial charge in [0, 0.05) is 18.0 Å². The molecule has 2 heterocycles. The van der Waals surface area contributed by atoms with Gasteiger partial charge in [0.1, 0.15) is 5.75 Å². The summed E-state index contributed by atoms with van der Waals surface area (Å²) in [5.74, 6) is 0.790. The third-order valence-electron chi connectivity index (χ3n) is 5.63. The normalized spacial score (nSPS) is 17.4. The highest BCUT2D eigenvalue weighted by Gasteiger charge is 2.27. The Labute approximate surface area is 176 Å². The summed E-state index contributed by atoms with van der Waals surface area (Å²) in [6.45, 7) is 4.11. The highest BCUT2D eigenvalue weighted by Crippen LogP contribution is 2.27. The molecule has 1 amide bonds. The molecule has 1 aliphatic rings. The van der Waals surface area contributed by atoms with Crippen molar-refractivity contribution in [2.24, 2.45) is 0 Å². The second kappa shape index (κ2) is 8.97. The first-order valence-electron chi connectivity index (χ1n) is 10.1. The first-order chi connectivity index (χ1) is 14.1. The van der Waals surface area contributed by atoms with Gasteiger partial charge in [-0.25, -0.2) is 0 Å². The van der Waals surface area contributed by atoms with Gasteiger partial charge in [0.2, 0.25) is 5.91 Å². The Morgan fingerprint density at radius 3 is 2.79 bits per heavy atom. The summed E-state index contributed by atoms with van der Waals surface area (Å²) in [7, 11) is 1.67. The molecule has 2 atom stereocenters. The van der Waals surface area contributed by atoms with Crippen LogP contribution in [0.3, 0.4) is 0 Å². The molecule has 4 rings (SSSR count). The van der Waals surface area contributed by atoms with Crippen LogP contribution in [0.2, 0.25) is 0 Å². The molecule has 1 aromatic heterocycles.